The highest BCUT2D eigenvalue weighted by Crippen LogP contribution is 2.29. The summed E-state index contributed by atoms with van der Waals surface area (Å²) in [5.41, 5.74) is 0. The van der Waals surface area contributed by atoms with Crippen LogP contribution >= 0.6 is 0 Å². The Bertz CT molecular complexity index is 313. The van der Waals surface area contributed by atoms with E-state index in [0.29, 0.717) is 5.92 Å². The molecule has 0 aliphatic heterocycles. The highest BCUT2D eigenvalue weighted by Gasteiger charge is 2.16. The van der Waals surface area contributed by atoms with Crippen LogP contribution in [0.4, 0.5) is 5.95 Å². The molecule has 1 aromatic rings. The number of anilines is 1. The summed E-state index contributed by atoms with van der Waals surface area (Å²) in [6.45, 7) is 6.59. The van der Waals surface area contributed by atoms with Crippen molar-refractivity contribution >= 4 is 5.95 Å². The third-order valence-corrected chi connectivity index (χ3v) is 3.34. The molecule has 1 N–H and O–H groups in total. The van der Waals surface area contributed by atoms with Crippen molar-refractivity contribution in [2.45, 2.75) is 46.1 Å². The normalized spacial score (nSPS) is 16.4. The van der Waals surface area contributed by atoms with Gasteiger partial charge < -0.3 is 9.88 Å². The second-order valence-electron chi connectivity index (χ2n) is 5.31. The number of aromatic nitrogens is 2. The molecule has 1 fully saturated rings. The summed E-state index contributed by atoms with van der Waals surface area (Å²) in [7, 11) is 0. The molecule has 0 unspecified atom stereocenters. The smallest absolute Gasteiger partial charge is 0.202 e. The van der Waals surface area contributed by atoms with Crippen LogP contribution in [0.3, 0.4) is 0 Å². The molecule has 0 atom stereocenters. The molecule has 3 nitrogen and oxygen atoms in total. The maximum atomic E-state index is 4.36. The maximum Gasteiger partial charge on any atom is 0.202 e. The lowest BCUT2D eigenvalue weighted by Gasteiger charge is -2.25. The Labute approximate surface area is 98.3 Å². The number of rotatable bonds is 6. The van der Waals surface area contributed by atoms with Gasteiger partial charge in [-0.25, -0.2) is 4.98 Å². The van der Waals surface area contributed by atoms with Gasteiger partial charge in [-0.05, 0) is 18.3 Å². The van der Waals surface area contributed by atoms with Crippen LogP contribution in [0.1, 0.15) is 39.5 Å². The molecule has 0 radical (unpaired) electrons. The van der Waals surface area contributed by atoms with E-state index in [0.717, 1.165) is 25.0 Å². The van der Waals surface area contributed by atoms with E-state index in [1.165, 1.54) is 25.7 Å². The molecule has 1 aliphatic rings. The van der Waals surface area contributed by atoms with Crippen LogP contribution in [0.2, 0.25) is 0 Å². The van der Waals surface area contributed by atoms with E-state index in [2.05, 4.69) is 34.9 Å². The minimum Gasteiger partial charge on any atom is -0.356 e. The van der Waals surface area contributed by atoms with Crippen molar-refractivity contribution in [2.24, 2.45) is 11.8 Å². The maximum absolute atomic E-state index is 4.36. The Morgan fingerprint density at radius 1 is 1.50 bits per heavy atom. The van der Waals surface area contributed by atoms with Gasteiger partial charge in [0, 0.05) is 25.5 Å². The molecule has 16 heavy (non-hydrogen) atoms. The van der Waals surface area contributed by atoms with Crippen molar-refractivity contribution in [3.63, 3.8) is 0 Å². The van der Waals surface area contributed by atoms with Crippen molar-refractivity contribution in [1.82, 2.24) is 9.55 Å². The molecule has 3 heteroatoms. The van der Waals surface area contributed by atoms with Gasteiger partial charge in [0.25, 0.3) is 0 Å². The van der Waals surface area contributed by atoms with E-state index < -0.39 is 0 Å². The Kier molecular flexibility index (Phi) is 3.86. The van der Waals surface area contributed by atoms with Gasteiger partial charge in [-0.2, -0.15) is 0 Å². The first-order valence-corrected chi connectivity index (χ1v) is 6.50. The van der Waals surface area contributed by atoms with Gasteiger partial charge in [-0.1, -0.05) is 33.1 Å². The van der Waals surface area contributed by atoms with Crippen LogP contribution in [-0.2, 0) is 6.54 Å². The van der Waals surface area contributed by atoms with E-state index in [4.69, 9.17) is 0 Å². The van der Waals surface area contributed by atoms with Crippen LogP contribution in [0, 0.1) is 11.8 Å². The molecular weight excluding hydrogens is 198 g/mol. The van der Waals surface area contributed by atoms with Gasteiger partial charge in [0.05, 0.1) is 0 Å². The van der Waals surface area contributed by atoms with E-state index in [1.54, 1.807) is 0 Å². The zero-order valence-corrected chi connectivity index (χ0v) is 10.4. The van der Waals surface area contributed by atoms with Crippen molar-refractivity contribution in [3.8, 4) is 0 Å². The molecule has 1 heterocycles. The van der Waals surface area contributed by atoms with E-state index >= 15 is 0 Å². The summed E-state index contributed by atoms with van der Waals surface area (Å²) in [5, 5.41) is 3.45. The van der Waals surface area contributed by atoms with Crippen LogP contribution in [-0.4, -0.2) is 16.1 Å². The Morgan fingerprint density at radius 2 is 2.31 bits per heavy atom. The molecule has 90 valence electrons. The van der Waals surface area contributed by atoms with Crippen LogP contribution in [0.15, 0.2) is 12.4 Å². The lowest BCUT2D eigenvalue weighted by atomic mass is 9.83. The number of nitrogens with one attached hydrogen (secondary N) is 1. The highest BCUT2D eigenvalue weighted by molar-refractivity contribution is 5.25. The van der Waals surface area contributed by atoms with E-state index in [1.807, 2.05) is 6.20 Å². The molecule has 1 saturated carbocycles. The number of hydrogen-bond acceptors (Lipinski definition) is 2. The molecule has 1 aliphatic carbocycles. The predicted molar refractivity (Wildman–Crippen MR) is 67.5 cm³/mol. The lowest BCUT2D eigenvalue weighted by molar-refractivity contribution is 0.302. The molecule has 0 saturated heterocycles. The summed E-state index contributed by atoms with van der Waals surface area (Å²) in [6, 6.07) is 0. The summed E-state index contributed by atoms with van der Waals surface area (Å²) in [4.78, 5) is 4.36. The molecule has 1 aromatic heterocycles. The lowest BCUT2D eigenvalue weighted by Crippen LogP contribution is -2.17. The molecule has 2 rings (SSSR count). The summed E-state index contributed by atoms with van der Waals surface area (Å²) in [6.07, 6.45) is 9.55. The van der Waals surface area contributed by atoms with Gasteiger partial charge in [0.1, 0.15) is 0 Å². The van der Waals surface area contributed by atoms with E-state index in [9.17, 15) is 0 Å². The second kappa shape index (κ2) is 5.37. The number of imidazole rings is 1. The first-order chi connectivity index (χ1) is 7.75. The van der Waals surface area contributed by atoms with Crippen molar-refractivity contribution in [1.29, 1.82) is 0 Å². The molecule has 0 aromatic carbocycles. The average molecular weight is 221 g/mol. The first kappa shape index (κ1) is 11.5. The predicted octanol–water partition coefficient (Wildman–Crippen LogP) is 3.14. The van der Waals surface area contributed by atoms with Crippen molar-refractivity contribution in [2.75, 3.05) is 11.9 Å². The average Bonchev–Trinajstić information content (AvgIpc) is 2.56. The van der Waals surface area contributed by atoms with Gasteiger partial charge in [0.15, 0.2) is 0 Å². The fourth-order valence-corrected chi connectivity index (χ4v) is 2.19. The molecular formula is C13H23N3. The van der Waals surface area contributed by atoms with Crippen molar-refractivity contribution in [3.05, 3.63) is 12.4 Å². The number of hydrogen-bond donors (Lipinski definition) is 1. The van der Waals surface area contributed by atoms with Gasteiger partial charge in [0.2, 0.25) is 5.95 Å². The highest BCUT2D eigenvalue weighted by atomic mass is 15.2. The Balaban J connectivity index is 1.76. The second-order valence-corrected chi connectivity index (χ2v) is 5.31. The zero-order chi connectivity index (χ0) is 11.4. The topological polar surface area (TPSA) is 29.9 Å². The minimum atomic E-state index is 0.668. The molecule has 0 spiro atoms. The standard InChI is InChI=1S/C13H23N3/c1-11(2)10-16-9-8-15-13(16)14-7-6-12-4-3-5-12/h8-9,11-12H,3-7,10H2,1-2H3,(H,14,15). The minimum absolute atomic E-state index is 0.668. The van der Waals surface area contributed by atoms with Crippen LogP contribution < -0.4 is 5.32 Å². The molecule has 0 amide bonds. The third-order valence-electron chi connectivity index (χ3n) is 3.34. The largest absolute Gasteiger partial charge is 0.356 e. The van der Waals surface area contributed by atoms with Gasteiger partial charge in [-0.3, -0.25) is 0 Å². The summed E-state index contributed by atoms with van der Waals surface area (Å²) < 4.78 is 2.21. The summed E-state index contributed by atoms with van der Waals surface area (Å²) >= 11 is 0. The Hall–Kier alpha value is -0.990. The van der Waals surface area contributed by atoms with Gasteiger partial charge in [-0.15, -0.1) is 0 Å². The van der Waals surface area contributed by atoms with Gasteiger partial charge >= 0.3 is 0 Å². The van der Waals surface area contributed by atoms with Crippen LogP contribution in [0.5, 0.6) is 0 Å². The van der Waals surface area contributed by atoms with Crippen molar-refractivity contribution < 1.29 is 0 Å². The quantitative estimate of drug-likeness (QED) is 0.799. The fourth-order valence-electron chi connectivity index (χ4n) is 2.19. The Morgan fingerprint density at radius 3 is 2.94 bits per heavy atom. The SMILES string of the molecule is CC(C)Cn1ccnc1NCCC1CCC1. The van der Waals surface area contributed by atoms with E-state index in [-0.39, 0.29) is 0 Å². The summed E-state index contributed by atoms with van der Waals surface area (Å²) in [5.74, 6) is 2.68. The monoisotopic (exact) mass is 221 g/mol. The third kappa shape index (κ3) is 3.00. The molecule has 0 bridgehead atoms. The fraction of sp³-hybridized carbons (Fsp3) is 0.769. The van der Waals surface area contributed by atoms with Crippen LogP contribution in [0.25, 0.3) is 0 Å². The number of nitrogens with zero attached hydrogens (tertiary/aromatic N) is 2. The zero-order valence-electron chi connectivity index (χ0n) is 10.4. The first-order valence-electron chi connectivity index (χ1n) is 6.50.